The van der Waals surface area contributed by atoms with E-state index in [-0.39, 0.29) is 17.4 Å². The van der Waals surface area contributed by atoms with Gasteiger partial charge in [0.05, 0.1) is 17.6 Å². The van der Waals surface area contributed by atoms with Gasteiger partial charge in [-0.05, 0) is 24.6 Å². The Morgan fingerprint density at radius 2 is 1.91 bits per heavy atom. The van der Waals surface area contributed by atoms with E-state index in [9.17, 15) is 18.7 Å². The third kappa shape index (κ3) is 5.79. The molecule has 5 aromatic rings. The van der Waals surface area contributed by atoms with Gasteiger partial charge < -0.3 is 25.1 Å². The molecule has 0 saturated carbocycles. The monoisotopic (exact) mass is 631 g/mol. The molecule has 3 N–H and O–H groups in total. The molecule has 1 fully saturated rings. The van der Waals surface area contributed by atoms with Crippen molar-refractivity contribution in [1.82, 2.24) is 29.0 Å². The Bertz CT molecular complexity index is 1780. The Hall–Kier alpha value is -3.73. The average Bonchev–Trinajstić information content (AvgIpc) is 3.75. The van der Waals surface area contributed by atoms with Crippen LogP contribution in [0.5, 0.6) is 0 Å². The zero-order valence-corrected chi connectivity index (χ0v) is 24.9. The van der Waals surface area contributed by atoms with Crippen LogP contribution in [-0.4, -0.2) is 92.3 Å². The van der Waals surface area contributed by atoms with E-state index >= 15 is 0 Å². The molecule has 1 aliphatic rings. The second-order valence-electron chi connectivity index (χ2n) is 10.2. The van der Waals surface area contributed by atoms with Crippen molar-refractivity contribution < 1.29 is 18.3 Å². The van der Waals surface area contributed by atoms with Crippen LogP contribution >= 0.6 is 24.0 Å². The summed E-state index contributed by atoms with van der Waals surface area (Å²) in [6.07, 6.45) is 2.00. The number of fused-ring (bicyclic) bond motifs is 3. The molecular weight excluding hydrogens is 600 g/mol. The van der Waals surface area contributed by atoms with Crippen LogP contribution in [0.3, 0.4) is 0 Å². The predicted molar refractivity (Wildman–Crippen MR) is 165 cm³/mol. The van der Waals surface area contributed by atoms with Gasteiger partial charge in [-0.3, -0.25) is 14.3 Å². The van der Waals surface area contributed by atoms with Crippen molar-refractivity contribution in [2.45, 2.75) is 13.0 Å². The quantitative estimate of drug-likeness (QED) is 0.187. The Labute approximate surface area is 254 Å². The molecule has 1 aromatic carbocycles. The summed E-state index contributed by atoms with van der Waals surface area (Å²) in [6, 6.07) is 5.96. The fourth-order valence-corrected chi connectivity index (χ4v) is 6.51. The van der Waals surface area contributed by atoms with Gasteiger partial charge in [0, 0.05) is 70.8 Å². The number of furan rings is 1. The summed E-state index contributed by atoms with van der Waals surface area (Å²) < 4.78 is 38.7. The number of benzene rings is 1. The number of rotatable bonds is 11. The van der Waals surface area contributed by atoms with Gasteiger partial charge in [0.15, 0.2) is 17.1 Å². The van der Waals surface area contributed by atoms with Gasteiger partial charge in [-0.15, -0.1) is 5.10 Å². The van der Waals surface area contributed by atoms with Crippen LogP contribution in [0, 0.1) is 11.6 Å². The van der Waals surface area contributed by atoms with Crippen molar-refractivity contribution in [3.63, 3.8) is 0 Å². The van der Waals surface area contributed by atoms with Crippen molar-refractivity contribution >= 4 is 57.3 Å². The number of halogens is 2. The summed E-state index contributed by atoms with van der Waals surface area (Å²) in [7, 11) is 0. The summed E-state index contributed by atoms with van der Waals surface area (Å²) in [5.41, 5.74) is 7.72. The molecule has 0 aliphatic carbocycles. The minimum atomic E-state index is -0.636. The van der Waals surface area contributed by atoms with Crippen molar-refractivity contribution in [3.05, 3.63) is 51.8 Å². The number of aliphatic hydroxyl groups excluding tert-OH is 1. The van der Waals surface area contributed by atoms with Crippen molar-refractivity contribution in [3.8, 4) is 11.6 Å². The highest BCUT2D eigenvalue weighted by Crippen LogP contribution is 2.30. The third-order valence-corrected chi connectivity index (χ3v) is 8.69. The molecule has 228 valence electrons. The average molecular weight is 632 g/mol. The smallest absolute Gasteiger partial charge is 0.309 e. The normalized spacial score (nSPS) is 14.4. The largest absolute Gasteiger partial charge is 0.461 e. The van der Waals surface area contributed by atoms with Crippen LogP contribution in [0.15, 0.2) is 39.7 Å². The minimum Gasteiger partial charge on any atom is -0.461 e. The molecule has 1 aliphatic heterocycles. The molecule has 0 radical (unpaired) electrons. The lowest BCUT2D eigenvalue weighted by atomic mass is 10.2. The number of hydrogen-bond donors (Lipinski definition) is 3. The summed E-state index contributed by atoms with van der Waals surface area (Å²) in [4.78, 5) is 27.7. The lowest BCUT2D eigenvalue weighted by Gasteiger charge is -2.37. The number of anilines is 3. The molecule has 0 unspecified atom stereocenters. The van der Waals surface area contributed by atoms with Crippen LogP contribution in [0.4, 0.5) is 26.1 Å². The summed E-state index contributed by atoms with van der Waals surface area (Å²) in [5.74, 6) is 0.186. The zero-order chi connectivity index (χ0) is 30.1. The number of thiazole rings is 1. The molecule has 43 heavy (non-hydrogen) atoms. The van der Waals surface area contributed by atoms with Gasteiger partial charge in [-0.25, -0.2) is 13.8 Å². The third-order valence-electron chi connectivity index (χ3n) is 7.52. The number of nitrogens with zero attached hydrogens (tertiary/aromatic N) is 8. The first-order chi connectivity index (χ1) is 20.9. The standard InChI is InChI=1S/C27H31F2N9O3S2/c28-17-15-18(29)20(16-19(17)35(11-14-42)4-2-12-39)36-8-5-34(6-9-36)7-10-37-24-22(43-27(37)40)25-31-23(21-3-1-13-41-21)33-38(25)26(30)32-24/h1,3,13,15-16,39,42H,2,4-12,14H2,(H2,30,32). The second kappa shape index (κ2) is 12.5. The highest BCUT2D eigenvalue weighted by molar-refractivity contribution is 7.80. The lowest BCUT2D eigenvalue weighted by molar-refractivity contribution is 0.248. The summed E-state index contributed by atoms with van der Waals surface area (Å²) >= 11 is 5.31. The number of nitrogen functional groups attached to an aromatic ring is 1. The first-order valence-corrected chi connectivity index (χ1v) is 15.3. The molecule has 0 bridgehead atoms. The van der Waals surface area contributed by atoms with Gasteiger partial charge >= 0.3 is 4.87 Å². The molecule has 6 rings (SSSR count). The van der Waals surface area contributed by atoms with E-state index in [2.05, 4.69) is 32.6 Å². The van der Waals surface area contributed by atoms with Gasteiger partial charge in [0.1, 0.15) is 16.3 Å². The highest BCUT2D eigenvalue weighted by Gasteiger charge is 2.24. The summed E-state index contributed by atoms with van der Waals surface area (Å²) in [6.45, 7) is 4.19. The zero-order valence-electron chi connectivity index (χ0n) is 23.2. The van der Waals surface area contributed by atoms with Crippen molar-refractivity contribution in [2.24, 2.45) is 0 Å². The van der Waals surface area contributed by atoms with E-state index in [4.69, 9.17) is 10.2 Å². The fourth-order valence-electron chi connectivity index (χ4n) is 5.34. The van der Waals surface area contributed by atoms with E-state index in [1.165, 1.54) is 10.8 Å². The number of aliphatic hydroxyl groups is 1. The van der Waals surface area contributed by atoms with Crippen LogP contribution in [-0.2, 0) is 6.54 Å². The molecule has 0 spiro atoms. The maximum absolute atomic E-state index is 14.9. The van der Waals surface area contributed by atoms with E-state index < -0.39 is 11.6 Å². The minimum absolute atomic E-state index is 0.0188. The molecule has 4 aromatic heterocycles. The number of nitrogens with two attached hydrogens (primary N) is 1. The maximum Gasteiger partial charge on any atom is 0.309 e. The first-order valence-electron chi connectivity index (χ1n) is 13.9. The lowest BCUT2D eigenvalue weighted by Crippen LogP contribution is -2.47. The molecule has 0 amide bonds. The SMILES string of the molecule is Nc1nc2c(sc(=O)n2CCN2CCN(c3cc(N(CCS)CCCO)c(F)cc3F)CC2)c2nc(-c3ccco3)nn12. The van der Waals surface area contributed by atoms with Gasteiger partial charge in [-0.2, -0.15) is 22.1 Å². The first kappa shape index (κ1) is 29.3. The van der Waals surface area contributed by atoms with E-state index in [1.807, 2.05) is 4.90 Å². The number of piperazine rings is 1. The fraction of sp³-hybridized carbons (Fsp3) is 0.407. The molecule has 1 saturated heterocycles. The van der Waals surface area contributed by atoms with Gasteiger partial charge in [0.25, 0.3) is 0 Å². The Morgan fingerprint density at radius 3 is 2.63 bits per heavy atom. The second-order valence-corrected chi connectivity index (χ2v) is 11.6. The number of thiol groups is 1. The van der Waals surface area contributed by atoms with E-state index in [1.54, 1.807) is 27.7 Å². The Morgan fingerprint density at radius 1 is 1.09 bits per heavy atom. The van der Waals surface area contributed by atoms with Gasteiger partial charge in [-0.1, -0.05) is 11.3 Å². The molecule has 12 nitrogen and oxygen atoms in total. The molecule has 5 heterocycles. The van der Waals surface area contributed by atoms with Crippen LogP contribution < -0.4 is 20.4 Å². The molecule has 16 heteroatoms. The van der Waals surface area contributed by atoms with E-state index in [0.717, 1.165) is 17.4 Å². The maximum atomic E-state index is 14.9. The van der Waals surface area contributed by atoms with Crippen LogP contribution in [0.1, 0.15) is 6.42 Å². The van der Waals surface area contributed by atoms with Crippen LogP contribution in [0.2, 0.25) is 0 Å². The highest BCUT2D eigenvalue weighted by atomic mass is 32.1. The van der Waals surface area contributed by atoms with Crippen molar-refractivity contribution in [1.29, 1.82) is 0 Å². The Balaban J connectivity index is 1.15. The number of hydrogen-bond acceptors (Lipinski definition) is 12. The van der Waals surface area contributed by atoms with E-state index in [0.29, 0.717) is 103 Å². The summed E-state index contributed by atoms with van der Waals surface area (Å²) in [5, 5.41) is 13.6. The number of aromatic nitrogens is 5. The topological polar surface area (TPSA) is 134 Å². The molecular formula is C27H31F2N9O3S2. The Kier molecular flexibility index (Phi) is 8.52. The van der Waals surface area contributed by atoms with Crippen molar-refractivity contribution in [2.75, 3.05) is 73.7 Å². The van der Waals surface area contributed by atoms with Crippen LogP contribution in [0.25, 0.3) is 27.6 Å². The van der Waals surface area contributed by atoms with Gasteiger partial charge in [0.2, 0.25) is 11.8 Å². The molecule has 0 atom stereocenters. The predicted octanol–water partition coefficient (Wildman–Crippen LogP) is 2.56.